The van der Waals surface area contributed by atoms with Crippen molar-refractivity contribution in [2.75, 3.05) is 6.54 Å². The second-order valence-electron chi connectivity index (χ2n) is 4.62. The van der Waals surface area contributed by atoms with Crippen molar-refractivity contribution >= 4 is 32.6 Å². The van der Waals surface area contributed by atoms with Gasteiger partial charge < -0.3 is 0 Å². The Morgan fingerprint density at radius 1 is 1.33 bits per heavy atom. The molecule has 0 amide bonds. The van der Waals surface area contributed by atoms with Gasteiger partial charge in [0.2, 0.25) is 10.0 Å². The summed E-state index contributed by atoms with van der Waals surface area (Å²) in [6.45, 7) is 4.23. The first kappa shape index (κ1) is 15.8. The Bertz CT molecular complexity index is 497. The average Bonchev–Trinajstić information content (AvgIpc) is 2.27. The Balaban J connectivity index is 2.80. The molecule has 0 heterocycles. The molecule has 0 radical (unpaired) electrons. The molecule has 18 heavy (non-hydrogen) atoms. The van der Waals surface area contributed by atoms with Crippen molar-refractivity contribution in [3.63, 3.8) is 0 Å². The topological polar surface area (TPSA) is 46.2 Å². The molecular formula is C12H17FINO2S. The van der Waals surface area contributed by atoms with Crippen molar-refractivity contribution < 1.29 is 12.8 Å². The van der Waals surface area contributed by atoms with Crippen LogP contribution < -0.4 is 4.72 Å². The lowest BCUT2D eigenvalue weighted by atomic mass is 9.98. The van der Waals surface area contributed by atoms with Gasteiger partial charge in [0.1, 0.15) is 5.67 Å². The molecule has 0 aliphatic heterocycles. The molecule has 1 aromatic carbocycles. The van der Waals surface area contributed by atoms with Crippen LogP contribution in [0.25, 0.3) is 0 Å². The quantitative estimate of drug-likeness (QED) is 0.793. The molecule has 0 spiro atoms. The van der Waals surface area contributed by atoms with Gasteiger partial charge in [-0.3, -0.25) is 0 Å². The molecule has 1 rings (SSSR count). The number of alkyl halides is 1. The van der Waals surface area contributed by atoms with Gasteiger partial charge in [-0.25, -0.2) is 17.5 Å². The maximum atomic E-state index is 14.4. The maximum Gasteiger partial charge on any atom is 0.214 e. The average molecular weight is 385 g/mol. The molecule has 0 bridgehead atoms. The second-order valence-corrected chi connectivity index (χ2v) is 8.19. The summed E-state index contributed by atoms with van der Waals surface area (Å²) in [6, 6.07) is 6.94. The van der Waals surface area contributed by atoms with E-state index in [4.69, 9.17) is 0 Å². The summed E-state index contributed by atoms with van der Waals surface area (Å²) < 4.78 is 40.9. The molecule has 0 aromatic heterocycles. The molecule has 0 aliphatic carbocycles. The third kappa shape index (κ3) is 4.17. The molecule has 102 valence electrons. The van der Waals surface area contributed by atoms with Crippen molar-refractivity contribution in [3.05, 3.63) is 33.4 Å². The van der Waals surface area contributed by atoms with E-state index in [1.165, 1.54) is 6.92 Å². The third-order valence-electron chi connectivity index (χ3n) is 2.67. The molecule has 0 unspecified atom stereocenters. The van der Waals surface area contributed by atoms with Crippen molar-refractivity contribution in [1.82, 2.24) is 4.72 Å². The van der Waals surface area contributed by atoms with Gasteiger partial charge in [0.15, 0.2) is 0 Å². The predicted octanol–water partition coefficient (Wildman–Crippen LogP) is 2.80. The normalized spacial score (nSPS) is 15.7. The second kappa shape index (κ2) is 5.83. The molecule has 6 heteroatoms. The molecule has 0 fully saturated rings. The van der Waals surface area contributed by atoms with Crippen molar-refractivity contribution in [1.29, 1.82) is 0 Å². The summed E-state index contributed by atoms with van der Waals surface area (Å²) >= 11 is 2.13. The minimum atomic E-state index is -3.44. The van der Waals surface area contributed by atoms with Crippen LogP contribution in [0.3, 0.4) is 0 Å². The molecule has 1 atom stereocenters. The molecular weight excluding hydrogens is 368 g/mol. The fourth-order valence-corrected chi connectivity index (χ4v) is 2.47. The zero-order chi connectivity index (χ0) is 14.0. The highest BCUT2D eigenvalue weighted by Crippen LogP contribution is 2.25. The summed E-state index contributed by atoms with van der Waals surface area (Å²) in [7, 11) is -3.44. The number of hydrogen-bond acceptors (Lipinski definition) is 2. The van der Waals surface area contributed by atoms with E-state index >= 15 is 0 Å². The Morgan fingerprint density at radius 3 is 2.28 bits per heavy atom. The van der Waals surface area contributed by atoms with E-state index in [1.54, 1.807) is 38.1 Å². The minimum absolute atomic E-state index is 0.256. The van der Waals surface area contributed by atoms with Crippen LogP contribution in [-0.2, 0) is 15.7 Å². The lowest BCUT2D eigenvalue weighted by molar-refractivity contribution is 0.196. The standard InChI is InChI=1S/C12H17FINO2S/c1-9(2)18(16,17)15-8-12(3,13)10-4-6-11(14)7-5-10/h4-7,9,15H,8H2,1-3H3/t12-/m0/s1. The van der Waals surface area contributed by atoms with Gasteiger partial charge in [-0.05, 0) is 61.1 Å². The minimum Gasteiger partial charge on any atom is -0.238 e. The predicted molar refractivity (Wildman–Crippen MR) is 79.7 cm³/mol. The fraction of sp³-hybridized carbons (Fsp3) is 0.500. The van der Waals surface area contributed by atoms with Crippen LogP contribution in [0, 0.1) is 3.57 Å². The van der Waals surface area contributed by atoms with E-state index in [0.717, 1.165) is 3.57 Å². The van der Waals surface area contributed by atoms with Gasteiger partial charge in [-0.15, -0.1) is 0 Å². The maximum absolute atomic E-state index is 14.4. The summed E-state index contributed by atoms with van der Waals surface area (Å²) in [5, 5.41) is -0.565. The first-order chi connectivity index (χ1) is 8.15. The Morgan fingerprint density at radius 2 is 1.83 bits per heavy atom. The van der Waals surface area contributed by atoms with Gasteiger partial charge in [0.25, 0.3) is 0 Å². The van der Waals surface area contributed by atoms with Gasteiger partial charge >= 0.3 is 0 Å². The van der Waals surface area contributed by atoms with Crippen LogP contribution in [-0.4, -0.2) is 20.2 Å². The Hall–Kier alpha value is -0.210. The van der Waals surface area contributed by atoms with E-state index < -0.39 is 20.9 Å². The van der Waals surface area contributed by atoms with Crippen LogP contribution in [0.15, 0.2) is 24.3 Å². The number of nitrogens with one attached hydrogen (secondary N) is 1. The monoisotopic (exact) mass is 385 g/mol. The van der Waals surface area contributed by atoms with Crippen molar-refractivity contribution in [2.24, 2.45) is 0 Å². The lowest BCUT2D eigenvalue weighted by Crippen LogP contribution is -2.39. The van der Waals surface area contributed by atoms with Crippen molar-refractivity contribution in [3.8, 4) is 0 Å². The van der Waals surface area contributed by atoms with Crippen LogP contribution in [0.4, 0.5) is 4.39 Å². The first-order valence-corrected chi connectivity index (χ1v) is 8.21. The highest BCUT2D eigenvalue weighted by atomic mass is 127. The highest BCUT2D eigenvalue weighted by molar-refractivity contribution is 14.1. The van der Waals surface area contributed by atoms with E-state index in [9.17, 15) is 12.8 Å². The van der Waals surface area contributed by atoms with Gasteiger partial charge in [0, 0.05) is 10.1 Å². The zero-order valence-corrected chi connectivity index (χ0v) is 13.5. The first-order valence-electron chi connectivity index (χ1n) is 5.58. The molecule has 1 N–H and O–H groups in total. The number of halogens is 2. The molecule has 0 saturated carbocycles. The third-order valence-corrected chi connectivity index (χ3v) is 5.18. The van der Waals surface area contributed by atoms with Crippen LogP contribution in [0.2, 0.25) is 0 Å². The van der Waals surface area contributed by atoms with E-state index in [0.29, 0.717) is 5.56 Å². The van der Waals surface area contributed by atoms with Crippen LogP contribution >= 0.6 is 22.6 Å². The lowest BCUT2D eigenvalue weighted by Gasteiger charge is -2.22. The number of hydrogen-bond donors (Lipinski definition) is 1. The van der Waals surface area contributed by atoms with Crippen LogP contribution in [0.1, 0.15) is 26.3 Å². The molecule has 3 nitrogen and oxygen atoms in total. The largest absolute Gasteiger partial charge is 0.238 e. The number of rotatable bonds is 5. The molecule has 0 aliphatic rings. The smallest absolute Gasteiger partial charge is 0.214 e. The van der Waals surface area contributed by atoms with Gasteiger partial charge in [0.05, 0.1) is 5.25 Å². The SMILES string of the molecule is CC(C)S(=O)(=O)NC[C@](C)(F)c1ccc(I)cc1. The van der Waals surface area contributed by atoms with Crippen molar-refractivity contribution in [2.45, 2.75) is 31.7 Å². The van der Waals surface area contributed by atoms with Crippen LogP contribution in [0.5, 0.6) is 0 Å². The number of benzene rings is 1. The summed E-state index contributed by atoms with van der Waals surface area (Å²) in [5.41, 5.74) is -1.25. The summed E-state index contributed by atoms with van der Waals surface area (Å²) in [5.74, 6) is 0. The van der Waals surface area contributed by atoms with Gasteiger partial charge in [-0.1, -0.05) is 12.1 Å². The molecule has 0 saturated heterocycles. The van der Waals surface area contributed by atoms with E-state index in [-0.39, 0.29) is 6.54 Å². The van der Waals surface area contributed by atoms with E-state index in [2.05, 4.69) is 27.3 Å². The Labute approximate surface area is 121 Å². The fourth-order valence-electron chi connectivity index (χ4n) is 1.30. The number of sulfonamides is 1. The van der Waals surface area contributed by atoms with Gasteiger partial charge in [-0.2, -0.15) is 0 Å². The van der Waals surface area contributed by atoms with E-state index in [1.807, 2.05) is 0 Å². The summed E-state index contributed by atoms with van der Waals surface area (Å²) in [6.07, 6.45) is 0. The summed E-state index contributed by atoms with van der Waals surface area (Å²) in [4.78, 5) is 0. The Kier molecular flexibility index (Phi) is 5.13. The zero-order valence-electron chi connectivity index (χ0n) is 10.6. The molecule has 1 aromatic rings. The highest BCUT2D eigenvalue weighted by Gasteiger charge is 2.28.